The number of nitrogens with zero attached hydrogens (tertiary/aromatic N) is 1. The minimum atomic E-state index is 0.578. The molecule has 0 aliphatic rings. The third kappa shape index (κ3) is 5.53. The van der Waals surface area contributed by atoms with Crippen molar-refractivity contribution in [1.29, 1.82) is 0 Å². The lowest BCUT2D eigenvalue weighted by atomic mass is 10.1. The average molecular weight is 214 g/mol. The summed E-state index contributed by atoms with van der Waals surface area (Å²) in [5.74, 6) is 0. The monoisotopic (exact) mass is 214 g/mol. The van der Waals surface area contributed by atoms with Crippen LogP contribution < -0.4 is 5.32 Å². The maximum atomic E-state index is 3.57. The van der Waals surface area contributed by atoms with Crippen molar-refractivity contribution in [3.8, 4) is 0 Å². The third-order valence-electron chi connectivity index (χ3n) is 3.48. The van der Waals surface area contributed by atoms with Gasteiger partial charge in [0.1, 0.15) is 0 Å². The summed E-state index contributed by atoms with van der Waals surface area (Å²) in [4.78, 5) is 2.50. The molecule has 2 nitrogen and oxygen atoms in total. The van der Waals surface area contributed by atoms with E-state index in [1.165, 1.54) is 19.3 Å². The summed E-state index contributed by atoms with van der Waals surface area (Å²) in [7, 11) is 2.25. The van der Waals surface area contributed by atoms with E-state index in [-0.39, 0.29) is 0 Å². The van der Waals surface area contributed by atoms with Crippen molar-refractivity contribution in [2.75, 3.05) is 13.6 Å². The quantitative estimate of drug-likeness (QED) is 0.668. The highest BCUT2D eigenvalue weighted by molar-refractivity contribution is 4.78. The molecule has 15 heavy (non-hydrogen) atoms. The summed E-state index contributed by atoms with van der Waals surface area (Å²) in [6, 6.07) is 1.88. The summed E-state index contributed by atoms with van der Waals surface area (Å²) < 4.78 is 0. The van der Waals surface area contributed by atoms with Crippen LogP contribution in [0.2, 0.25) is 0 Å². The number of rotatable bonds is 8. The predicted molar refractivity (Wildman–Crippen MR) is 69.4 cm³/mol. The molecule has 0 saturated heterocycles. The first-order valence-electron chi connectivity index (χ1n) is 6.49. The van der Waals surface area contributed by atoms with Gasteiger partial charge in [-0.05, 0) is 47.2 Å². The number of nitrogens with one attached hydrogen (secondary N) is 1. The van der Waals surface area contributed by atoms with Gasteiger partial charge in [-0.2, -0.15) is 0 Å². The van der Waals surface area contributed by atoms with Crippen LogP contribution in [0.4, 0.5) is 0 Å². The van der Waals surface area contributed by atoms with Crippen molar-refractivity contribution in [3.05, 3.63) is 0 Å². The highest BCUT2D eigenvalue weighted by Crippen LogP contribution is 2.10. The summed E-state index contributed by atoms with van der Waals surface area (Å²) in [5.41, 5.74) is 0. The summed E-state index contributed by atoms with van der Waals surface area (Å²) in [6.07, 6.45) is 3.78. The number of likely N-dealkylation sites (N-methyl/N-ethyl adjacent to an activating group) is 1. The third-order valence-corrected chi connectivity index (χ3v) is 3.48. The second-order valence-electron chi connectivity index (χ2n) is 4.79. The molecule has 0 aromatic rings. The second kappa shape index (κ2) is 8.12. The van der Waals surface area contributed by atoms with Crippen LogP contribution in [0.25, 0.3) is 0 Å². The molecular formula is C13H30N2. The van der Waals surface area contributed by atoms with Gasteiger partial charge in [0.2, 0.25) is 0 Å². The zero-order chi connectivity index (χ0) is 11.8. The van der Waals surface area contributed by atoms with Gasteiger partial charge in [-0.15, -0.1) is 0 Å². The van der Waals surface area contributed by atoms with Crippen molar-refractivity contribution in [2.24, 2.45) is 0 Å². The van der Waals surface area contributed by atoms with Crippen molar-refractivity contribution in [3.63, 3.8) is 0 Å². The molecule has 0 aliphatic carbocycles. The van der Waals surface area contributed by atoms with E-state index < -0.39 is 0 Å². The first-order chi connectivity index (χ1) is 7.04. The van der Waals surface area contributed by atoms with Gasteiger partial charge < -0.3 is 5.32 Å². The Morgan fingerprint density at radius 3 is 2.13 bits per heavy atom. The molecule has 0 aromatic carbocycles. The van der Waals surface area contributed by atoms with Crippen LogP contribution in [0.3, 0.4) is 0 Å². The minimum absolute atomic E-state index is 0.578. The highest BCUT2D eigenvalue weighted by Gasteiger charge is 2.19. The van der Waals surface area contributed by atoms with Crippen molar-refractivity contribution in [2.45, 2.75) is 72.0 Å². The molecule has 3 unspecified atom stereocenters. The fraction of sp³-hybridized carbons (Fsp3) is 1.00. The molecule has 0 amide bonds. The van der Waals surface area contributed by atoms with Gasteiger partial charge in [0.05, 0.1) is 0 Å². The molecule has 0 spiro atoms. The van der Waals surface area contributed by atoms with E-state index in [1.807, 2.05) is 0 Å². The Labute approximate surface area is 96.4 Å². The first kappa shape index (κ1) is 14.9. The van der Waals surface area contributed by atoms with E-state index in [2.05, 4.69) is 51.9 Å². The Morgan fingerprint density at radius 2 is 1.67 bits per heavy atom. The average Bonchev–Trinajstić information content (AvgIpc) is 2.24. The fourth-order valence-corrected chi connectivity index (χ4v) is 1.92. The molecule has 1 N–H and O–H groups in total. The SMILES string of the molecule is CCCNC(C)C(C)N(C)C(C)CCC. The molecule has 3 atom stereocenters. The zero-order valence-corrected chi connectivity index (χ0v) is 11.5. The minimum Gasteiger partial charge on any atom is -0.313 e. The van der Waals surface area contributed by atoms with Crippen molar-refractivity contribution >= 4 is 0 Å². The molecule has 0 aliphatic heterocycles. The maximum absolute atomic E-state index is 3.57. The van der Waals surface area contributed by atoms with Gasteiger partial charge in [-0.1, -0.05) is 20.3 Å². The zero-order valence-electron chi connectivity index (χ0n) is 11.5. The van der Waals surface area contributed by atoms with E-state index in [9.17, 15) is 0 Å². The maximum Gasteiger partial charge on any atom is 0.0218 e. The summed E-state index contributed by atoms with van der Waals surface area (Å²) in [6.45, 7) is 12.5. The Bertz CT molecular complexity index is 147. The standard InChI is InChI=1S/C13H30N2/c1-7-9-11(3)15(6)13(5)12(4)14-10-8-2/h11-14H,7-10H2,1-6H3. The fourth-order valence-electron chi connectivity index (χ4n) is 1.92. The first-order valence-corrected chi connectivity index (χ1v) is 6.49. The Morgan fingerprint density at radius 1 is 1.07 bits per heavy atom. The normalized spacial score (nSPS) is 17.8. The van der Waals surface area contributed by atoms with Crippen LogP contribution in [0, 0.1) is 0 Å². The number of hydrogen-bond acceptors (Lipinski definition) is 2. The van der Waals surface area contributed by atoms with Crippen LogP contribution in [0.5, 0.6) is 0 Å². The molecule has 92 valence electrons. The van der Waals surface area contributed by atoms with E-state index in [4.69, 9.17) is 0 Å². The molecule has 0 heterocycles. The number of hydrogen-bond donors (Lipinski definition) is 1. The van der Waals surface area contributed by atoms with E-state index >= 15 is 0 Å². The van der Waals surface area contributed by atoms with Crippen LogP contribution in [-0.2, 0) is 0 Å². The lowest BCUT2D eigenvalue weighted by Crippen LogP contribution is -2.48. The van der Waals surface area contributed by atoms with Crippen molar-refractivity contribution < 1.29 is 0 Å². The summed E-state index contributed by atoms with van der Waals surface area (Å²) in [5, 5.41) is 3.57. The molecular weight excluding hydrogens is 184 g/mol. The predicted octanol–water partition coefficient (Wildman–Crippen LogP) is 2.88. The second-order valence-corrected chi connectivity index (χ2v) is 4.79. The molecule has 2 heteroatoms. The lowest BCUT2D eigenvalue weighted by molar-refractivity contribution is 0.157. The Kier molecular flexibility index (Phi) is 8.07. The molecule has 0 bridgehead atoms. The molecule has 0 aromatic heterocycles. The van der Waals surface area contributed by atoms with Crippen LogP contribution in [-0.4, -0.2) is 36.6 Å². The topological polar surface area (TPSA) is 15.3 Å². The van der Waals surface area contributed by atoms with E-state index in [1.54, 1.807) is 0 Å². The van der Waals surface area contributed by atoms with Gasteiger partial charge in [0.15, 0.2) is 0 Å². The molecule has 0 radical (unpaired) electrons. The van der Waals surface area contributed by atoms with E-state index in [0.29, 0.717) is 18.1 Å². The van der Waals surface area contributed by atoms with Crippen LogP contribution in [0.1, 0.15) is 53.9 Å². The van der Waals surface area contributed by atoms with Gasteiger partial charge in [0.25, 0.3) is 0 Å². The molecule has 0 fully saturated rings. The van der Waals surface area contributed by atoms with Gasteiger partial charge in [-0.3, -0.25) is 4.90 Å². The highest BCUT2D eigenvalue weighted by atomic mass is 15.2. The van der Waals surface area contributed by atoms with Crippen LogP contribution in [0.15, 0.2) is 0 Å². The summed E-state index contributed by atoms with van der Waals surface area (Å²) >= 11 is 0. The Hall–Kier alpha value is -0.0800. The van der Waals surface area contributed by atoms with E-state index in [0.717, 1.165) is 6.54 Å². The molecule has 0 saturated carbocycles. The smallest absolute Gasteiger partial charge is 0.0218 e. The van der Waals surface area contributed by atoms with Gasteiger partial charge >= 0.3 is 0 Å². The van der Waals surface area contributed by atoms with Crippen molar-refractivity contribution in [1.82, 2.24) is 10.2 Å². The molecule has 0 rings (SSSR count). The van der Waals surface area contributed by atoms with Gasteiger partial charge in [-0.25, -0.2) is 0 Å². The van der Waals surface area contributed by atoms with Gasteiger partial charge in [0, 0.05) is 18.1 Å². The Balaban J connectivity index is 3.99. The lowest BCUT2D eigenvalue weighted by Gasteiger charge is -2.35. The largest absolute Gasteiger partial charge is 0.313 e. The van der Waals surface area contributed by atoms with Crippen LogP contribution >= 0.6 is 0 Å².